The molecule has 1 amide bonds. The summed E-state index contributed by atoms with van der Waals surface area (Å²) in [6, 6.07) is 23.3. The Hall–Kier alpha value is -3.18. The first-order valence-electron chi connectivity index (χ1n) is 14.0. The Morgan fingerprint density at radius 2 is 1.74 bits per heavy atom. The highest BCUT2D eigenvalue weighted by molar-refractivity contribution is 5.94. The van der Waals surface area contributed by atoms with Gasteiger partial charge in [0.25, 0.3) is 5.91 Å². The maximum absolute atomic E-state index is 13.9. The molecule has 1 saturated heterocycles. The lowest BCUT2D eigenvalue weighted by atomic mass is 9.85. The quantitative estimate of drug-likeness (QED) is 0.330. The molecule has 2 aliphatic rings. The van der Waals surface area contributed by atoms with Gasteiger partial charge in [-0.3, -0.25) is 9.69 Å². The molecule has 5 heteroatoms. The second kappa shape index (κ2) is 12.1. The van der Waals surface area contributed by atoms with Crippen molar-refractivity contribution in [2.24, 2.45) is 5.92 Å². The predicted octanol–water partition coefficient (Wildman–Crippen LogP) is 6.83. The van der Waals surface area contributed by atoms with Gasteiger partial charge in [0, 0.05) is 43.7 Å². The van der Waals surface area contributed by atoms with E-state index < -0.39 is 0 Å². The lowest BCUT2D eigenvalue weighted by Crippen LogP contribution is -2.45. The van der Waals surface area contributed by atoms with E-state index in [-0.39, 0.29) is 17.8 Å². The van der Waals surface area contributed by atoms with Crippen molar-refractivity contribution >= 4 is 5.91 Å². The number of hydrogen-bond donors (Lipinski definition) is 0. The van der Waals surface area contributed by atoms with Crippen LogP contribution in [0.15, 0.2) is 72.8 Å². The van der Waals surface area contributed by atoms with Gasteiger partial charge in [-0.1, -0.05) is 55.7 Å². The van der Waals surface area contributed by atoms with Gasteiger partial charge >= 0.3 is 0 Å². The molecule has 2 atom stereocenters. The first-order chi connectivity index (χ1) is 18.5. The molecule has 4 nitrogen and oxygen atoms in total. The van der Waals surface area contributed by atoms with Crippen LogP contribution in [0, 0.1) is 18.7 Å². The summed E-state index contributed by atoms with van der Waals surface area (Å²) < 4.78 is 19.1. The molecule has 1 heterocycles. The highest BCUT2D eigenvalue weighted by atomic mass is 19.1. The minimum atomic E-state index is -0.311. The molecule has 3 aromatic carbocycles. The van der Waals surface area contributed by atoms with Crippen LogP contribution in [0.4, 0.5) is 4.39 Å². The Morgan fingerprint density at radius 3 is 2.47 bits per heavy atom. The molecule has 0 bridgehead atoms. The number of ether oxygens (including phenoxy) is 1. The summed E-state index contributed by atoms with van der Waals surface area (Å²) in [7, 11) is 1.71. The van der Waals surface area contributed by atoms with Gasteiger partial charge in [0.15, 0.2) is 0 Å². The number of aryl methyl sites for hydroxylation is 1. The summed E-state index contributed by atoms with van der Waals surface area (Å²) in [6.45, 7) is 5.64. The average molecular weight is 515 g/mol. The van der Waals surface area contributed by atoms with Gasteiger partial charge in [-0.15, -0.1) is 0 Å². The Morgan fingerprint density at radius 1 is 0.974 bits per heavy atom. The Kier molecular flexibility index (Phi) is 8.43. The molecule has 38 heavy (non-hydrogen) atoms. The molecule has 1 aliphatic carbocycles. The number of rotatable bonds is 8. The lowest BCUT2D eigenvalue weighted by molar-refractivity contribution is 0.0588. The van der Waals surface area contributed by atoms with E-state index in [4.69, 9.17) is 4.74 Å². The molecule has 2 fully saturated rings. The molecule has 1 saturated carbocycles. The number of carbonyl (C=O) groups excluding carboxylic acids is 1. The molecular formula is C33H39FN2O2. The first-order valence-corrected chi connectivity index (χ1v) is 14.0. The largest absolute Gasteiger partial charge is 0.497 e. The van der Waals surface area contributed by atoms with Crippen LogP contribution in [0.5, 0.6) is 5.75 Å². The summed E-state index contributed by atoms with van der Waals surface area (Å²) in [5.41, 5.74) is 4.50. The standard InChI is InChI=1S/C33H39FN2O2/c1-24-9-6-7-14-31(24)32-23-35(20-25-10-8-13-30(19-25)38-2)21-27(32)22-36(29-11-4-3-5-12-29)33(37)26-15-17-28(34)18-16-26/h6-10,13-19,27,29,32H,3-5,11-12,20-23H2,1-2H3/t27-,32+/m0/s1. The summed E-state index contributed by atoms with van der Waals surface area (Å²) in [5, 5.41) is 0. The van der Waals surface area contributed by atoms with Crippen molar-refractivity contribution < 1.29 is 13.9 Å². The number of amides is 1. The van der Waals surface area contributed by atoms with Crippen molar-refractivity contribution in [1.29, 1.82) is 0 Å². The van der Waals surface area contributed by atoms with E-state index in [1.165, 1.54) is 35.2 Å². The van der Waals surface area contributed by atoms with E-state index in [1.54, 1.807) is 19.2 Å². The highest BCUT2D eigenvalue weighted by Gasteiger charge is 2.38. The number of benzene rings is 3. The molecule has 0 aromatic heterocycles. The van der Waals surface area contributed by atoms with E-state index in [2.05, 4.69) is 53.1 Å². The van der Waals surface area contributed by atoms with Crippen LogP contribution in [-0.2, 0) is 6.54 Å². The van der Waals surface area contributed by atoms with Crippen LogP contribution in [-0.4, -0.2) is 48.5 Å². The maximum atomic E-state index is 13.9. The number of nitrogens with zero attached hydrogens (tertiary/aromatic N) is 2. The molecule has 1 aliphatic heterocycles. The van der Waals surface area contributed by atoms with E-state index in [0.717, 1.165) is 51.1 Å². The Balaban J connectivity index is 1.43. The molecular weight excluding hydrogens is 475 g/mol. The van der Waals surface area contributed by atoms with Crippen LogP contribution in [0.3, 0.4) is 0 Å². The third-order valence-electron chi connectivity index (χ3n) is 8.44. The number of hydrogen-bond acceptors (Lipinski definition) is 3. The summed E-state index contributed by atoms with van der Waals surface area (Å²) in [6.07, 6.45) is 5.64. The molecule has 200 valence electrons. The molecule has 0 unspecified atom stereocenters. The first kappa shape index (κ1) is 26.4. The number of carbonyl (C=O) groups is 1. The average Bonchev–Trinajstić information content (AvgIpc) is 3.34. The van der Waals surface area contributed by atoms with E-state index in [1.807, 2.05) is 12.1 Å². The number of likely N-dealkylation sites (tertiary alicyclic amines) is 1. The van der Waals surface area contributed by atoms with Gasteiger partial charge in [0.2, 0.25) is 0 Å². The molecule has 0 spiro atoms. The van der Waals surface area contributed by atoms with Gasteiger partial charge in [0.05, 0.1) is 7.11 Å². The van der Waals surface area contributed by atoms with Crippen LogP contribution >= 0.6 is 0 Å². The lowest BCUT2D eigenvalue weighted by Gasteiger charge is -2.37. The molecule has 0 radical (unpaired) electrons. The summed E-state index contributed by atoms with van der Waals surface area (Å²) in [4.78, 5) is 18.5. The van der Waals surface area contributed by atoms with Crippen molar-refractivity contribution in [3.8, 4) is 5.75 Å². The SMILES string of the molecule is COc1cccc(CN2C[C@@H](CN(C(=O)c3ccc(F)cc3)C3CCCCC3)[C@H](c3ccccc3C)C2)c1. The van der Waals surface area contributed by atoms with Crippen LogP contribution < -0.4 is 4.74 Å². The summed E-state index contributed by atoms with van der Waals surface area (Å²) >= 11 is 0. The van der Waals surface area contributed by atoms with Crippen LogP contribution in [0.25, 0.3) is 0 Å². The smallest absolute Gasteiger partial charge is 0.254 e. The minimum absolute atomic E-state index is 0.0340. The fourth-order valence-electron chi connectivity index (χ4n) is 6.46. The fourth-order valence-corrected chi connectivity index (χ4v) is 6.46. The zero-order valence-electron chi connectivity index (χ0n) is 22.6. The maximum Gasteiger partial charge on any atom is 0.254 e. The van der Waals surface area contributed by atoms with Crippen LogP contribution in [0.1, 0.15) is 65.1 Å². The van der Waals surface area contributed by atoms with Gasteiger partial charge < -0.3 is 9.64 Å². The second-order valence-corrected chi connectivity index (χ2v) is 11.0. The van der Waals surface area contributed by atoms with Gasteiger partial charge in [-0.2, -0.15) is 0 Å². The zero-order valence-corrected chi connectivity index (χ0v) is 22.6. The van der Waals surface area contributed by atoms with Crippen molar-refractivity contribution in [1.82, 2.24) is 9.80 Å². The zero-order chi connectivity index (χ0) is 26.5. The Labute approximate surface area is 226 Å². The van der Waals surface area contributed by atoms with Crippen molar-refractivity contribution in [3.05, 3.63) is 101 Å². The van der Waals surface area contributed by atoms with Gasteiger partial charge in [-0.05, 0) is 78.8 Å². The second-order valence-electron chi connectivity index (χ2n) is 11.0. The molecule has 3 aromatic rings. The number of methoxy groups -OCH3 is 1. The van der Waals surface area contributed by atoms with Crippen LogP contribution in [0.2, 0.25) is 0 Å². The fraction of sp³-hybridized carbons (Fsp3) is 0.424. The highest BCUT2D eigenvalue weighted by Crippen LogP contribution is 2.37. The molecule has 5 rings (SSSR count). The van der Waals surface area contributed by atoms with Crippen molar-refractivity contribution in [2.45, 2.75) is 57.5 Å². The summed E-state index contributed by atoms with van der Waals surface area (Å²) in [5.74, 6) is 1.25. The van der Waals surface area contributed by atoms with E-state index in [0.29, 0.717) is 23.9 Å². The van der Waals surface area contributed by atoms with Crippen molar-refractivity contribution in [2.75, 3.05) is 26.7 Å². The third kappa shape index (κ3) is 6.10. The van der Waals surface area contributed by atoms with E-state index in [9.17, 15) is 9.18 Å². The minimum Gasteiger partial charge on any atom is -0.497 e. The third-order valence-corrected chi connectivity index (χ3v) is 8.44. The van der Waals surface area contributed by atoms with Gasteiger partial charge in [0.1, 0.15) is 11.6 Å². The normalized spacial score (nSPS) is 20.4. The Bertz CT molecular complexity index is 1220. The topological polar surface area (TPSA) is 32.8 Å². The predicted molar refractivity (Wildman–Crippen MR) is 150 cm³/mol. The van der Waals surface area contributed by atoms with Gasteiger partial charge in [-0.25, -0.2) is 4.39 Å². The monoisotopic (exact) mass is 514 g/mol. The van der Waals surface area contributed by atoms with E-state index >= 15 is 0 Å². The van der Waals surface area contributed by atoms with Crippen molar-refractivity contribution in [3.63, 3.8) is 0 Å². The number of halogens is 1. The molecule has 0 N–H and O–H groups in total.